The lowest BCUT2D eigenvalue weighted by Crippen LogP contribution is -2.72. The third-order valence-corrected chi connectivity index (χ3v) is 11.1. The van der Waals surface area contributed by atoms with Gasteiger partial charge in [-0.3, -0.25) is 19.2 Å². The molecule has 0 radical (unpaired) electrons. The second-order valence-electron chi connectivity index (χ2n) is 13.0. The van der Waals surface area contributed by atoms with Crippen LogP contribution in [0.1, 0.15) is 72.0 Å². The average molecular weight is 529 g/mol. The molecule has 3 saturated carbocycles. The van der Waals surface area contributed by atoms with E-state index in [-0.39, 0.29) is 36.4 Å². The molecule has 1 spiro atoms. The summed E-state index contributed by atoms with van der Waals surface area (Å²) in [6, 6.07) is 1.83. The highest BCUT2D eigenvalue weighted by Gasteiger charge is 2.86. The summed E-state index contributed by atoms with van der Waals surface area (Å²) in [5, 5.41) is 0. The number of furan rings is 1. The first-order valence-electron chi connectivity index (χ1n) is 13.5. The number of epoxide rings is 1. The zero-order valence-corrected chi connectivity index (χ0v) is 22.8. The molecule has 5 aliphatic rings. The molecule has 2 saturated heterocycles. The van der Waals surface area contributed by atoms with Crippen LogP contribution < -0.4 is 0 Å². The van der Waals surface area contributed by atoms with Gasteiger partial charge >= 0.3 is 17.9 Å². The Labute approximate surface area is 221 Å². The molecule has 1 aromatic rings. The lowest BCUT2D eigenvalue weighted by molar-refractivity contribution is -0.221. The van der Waals surface area contributed by atoms with Crippen molar-refractivity contribution in [3.8, 4) is 0 Å². The molecule has 0 aromatic carbocycles. The molecule has 2 bridgehead atoms. The number of Topliss-reactive ketones (excluding diaryl/α,β-unsaturated/α-hetero) is 1. The molecule has 0 unspecified atom stereocenters. The van der Waals surface area contributed by atoms with Crippen molar-refractivity contribution < 1.29 is 42.5 Å². The van der Waals surface area contributed by atoms with Crippen molar-refractivity contribution in [2.75, 3.05) is 7.11 Å². The van der Waals surface area contributed by atoms with E-state index in [1.54, 1.807) is 12.5 Å². The standard InChI is InChI=1S/C29H36O9/c1-14(30)36-24-21-22(33)28(5,17(26(24,2)3)11-19(31)34-6)16-7-9-27(4)18(29(16)25(21)38-29)12-20(32)37-23(27)15-8-10-35-13-15/h8,10,13,16-18,21,23-25H,7,9,11-12H2,1-6H3/t16-,17+,18-,21+,23+,24-,25-,27-,28+,29+/m1/s1. The highest BCUT2D eigenvalue weighted by Crippen LogP contribution is 2.77. The van der Waals surface area contributed by atoms with Gasteiger partial charge in [0.15, 0.2) is 0 Å². The first-order chi connectivity index (χ1) is 17.8. The van der Waals surface area contributed by atoms with Crippen LogP contribution in [0.15, 0.2) is 23.0 Å². The fourth-order valence-corrected chi connectivity index (χ4v) is 9.48. The Morgan fingerprint density at radius 3 is 2.50 bits per heavy atom. The number of esters is 3. The number of fused-ring (bicyclic) bond motifs is 5. The summed E-state index contributed by atoms with van der Waals surface area (Å²) in [5.41, 5.74) is -2.03. The van der Waals surface area contributed by atoms with E-state index in [2.05, 4.69) is 6.92 Å². The number of methoxy groups -OCH3 is 1. The predicted molar refractivity (Wildman–Crippen MR) is 130 cm³/mol. The van der Waals surface area contributed by atoms with E-state index < -0.39 is 63.9 Å². The van der Waals surface area contributed by atoms with Gasteiger partial charge in [-0.1, -0.05) is 27.7 Å². The molecule has 9 nitrogen and oxygen atoms in total. The number of ether oxygens (including phenoxy) is 4. The zero-order valence-electron chi connectivity index (χ0n) is 22.8. The quantitative estimate of drug-likeness (QED) is 0.326. The van der Waals surface area contributed by atoms with Gasteiger partial charge in [-0.2, -0.15) is 0 Å². The summed E-state index contributed by atoms with van der Waals surface area (Å²) in [4.78, 5) is 52.5. The lowest BCUT2D eigenvalue weighted by atomic mass is 9.37. The largest absolute Gasteiger partial charge is 0.472 e. The van der Waals surface area contributed by atoms with Crippen LogP contribution in [-0.4, -0.2) is 48.6 Å². The van der Waals surface area contributed by atoms with Gasteiger partial charge in [-0.05, 0) is 24.8 Å². The third-order valence-electron chi connectivity index (χ3n) is 11.1. The number of ketones is 1. The van der Waals surface area contributed by atoms with Crippen LogP contribution in [0.4, 0.5) is 0 Å². The van der Waals surface area contributed by atoms with Gasteiger partial charge in [0, 0.05) is 47.0 Å². The van der Waals surface area contributed by atoms with Gasteiger partial charge in [0.25, 0.3) is 0 Å². The van der Waals surface area contributed by atoms with Crippen molar-refractivity contribution in [1.29, 1.82) is 0 Å². The fraction of sp³-hybridized carbons (Fsp3) is 0.724. The topological polar surface area (TPSA) is 122 Å². The number of hydrogen-bond donors (Lipinski definition) is 0. The Bertz CT molecular complexity index is 1200. The Balaban J connectivity index is 1.50. The molecular formula is C29H36O9. The molecular weight excluding hydrogens is 492 g/mol. The highest BCUT2D eigenvalue weighted by molar-refractivity contribution is 5.93. The Hall–Kier alpha value is -2.68. The van der Waals surface area contributed by atoms with Crippen molar-refractivity contribution >= 4 is 23.7 Å². The highest BCUT2D eigenvalue weighted by atomic mass is 16.6. The second-order valence-corrected chi connectivity index (χ2v) is 13.0. The minimum absolute atomic E-state index is 0.0199. The summed E-state index contributed by atoms with van der Waals surface area (Å²) in [6.07, 6.45) is 3.05. The number of hydrogen-bond acceptors (Lipinski definition) is 9. The van der Waals surface area contributed by atoms with Crippen LogP contribution in [0.2, 0.25) is 0 Å². The number of carbonyl (C=O) groups is 4. The van der Waals surface area contributed by atoms with E-state index in [0.717, 1.165) is 12.0 Å². The maximum Gasteiger partial charge on any atom is 0.306 e. The van der Waals surface area contributed by atoms with Gasteiger partial charge < -0.3 is 23.4 Å². The summed E-state index contributed by atoms with van der Waals surface area (Å²) in [6.45, 7) is 9.38. The van der Waals surface area contributed by atoms with Crippen molar-refractivity contribution in [3.63, 3.8) is 0 Å². The molecule has 6 rings (SSSR count). The Kier molecular flexibility index (Phi) is 5.34. The van der Waals surface area contributed by atoms with E-state index in [9.17, 15) is 19.2 Å². The van der Waals surface area contributed by atoms with Gasteiger partial charge in [-0.25, -0.2) is 0 Å². The number of rotatable bonds is 4. The van der Waals surface area contributed by atoms with Crippen LogP contribution >= 0.6 is 0 Å². The Morgan fingerprint density at radius 2 is 1.87 bits per heavy atom. The molecule has 2 aliphatic heterocycles. The van der Waals surface area contributed by atoms with Crippen LogP contribution in [-0.2, 0) is 38.1 Å². The molecule has 3 heterocycles. The van der Waals surface area contributed by atoms with Crippen LogP contribution in [0.3, 0.4) is 0 Å². The van der Waals surface area contributed by atoms with E-state index in [0.29, 0.717) is 6.42 Å². The normalized spacial score (nSPS) is 46.1. The van der Waals surface area contributed by atoms with E-state index in [4.69, 9.17) is 23.4 Å². The lowest BCUT2D eigenvalue weighted by Gasteiger charge is -2.65. The molecule has 9 heteroatoms. The minimum atomic E-state index is -0.931. The molecule has 206 valence electrons. The van der Waals surface area contributed by atoms with E-state index >= 15 is 0 Å². The van der Waals surface area contributed by atoms with Crippen molar-refractivity contribution in [3.05, 3.63) is 24.2 Å². The molecule has 0 N–H and O–H groups in total. The van der Waals surface area contributed by atoms with E-state index in [1.807, 2.05) is 26.8 Å². The Morgan fingerprint density at radius 1 is 1.13 bits per heavy atom. The molecule has 38 heavy (non-hydrogen) atoms. The second kappa shape index (κ2) is 7.93. The zero-order chi connectivity index (χ0) is 27.4. The summed E-state index contributed by atoms with van der Waals surface area (Å²) < 4.78 is 28.9. The SMILES string of the molecule is COC(=O)C[C@H]1C(C)(C)[C@H](OC(C)=O)[C@@H]2C(=O)[C@@]1(C)[C@H]1CC[C@]3(C)[C@@H](CC(=O)O[C@H]3c3ccoc3)[C@@]13O[C@H]23. The maximum absolute atomic E-state index is 14.4. The van der Waals surface area contributed by atoms with Crippen LogP contribution in [0, 0.1) is 39.9 Å². The monoisotopic (exact) mass is 528 g/mol. The minimum Gasteiger partial charge on any atom is -0.472 e. The number of carbonyl (C=O) groups excluding carboxylic acids is 4. The smallest absolute Gasteiger partial charge is 0.306 e. The third kappa shape index (κ3) is 3.02. The summed E-state index contributed by atoms with van der Waals surface area (Å²) in [5.74, 6) is -2.77. The van der Waals surface area contributed by atoms with Gasteiger partial charge in [-0.15, -0.1) is 0 Å². The molecule has 0 amide bonds. The number of cyclic esters (lactones) is 1. The molecule has 10 atom stereocenters. The van der Waals surface area contributed by atoms with Crippen molar-refractivity contribution in [2.45, 2.75) is 84.2 Å². The van der Waals surface area contributed by atoms with Gasteiger partial charge in [0.1, 0.15) is 29.7 Å². The molecule has 1 aromatic heterocycles. The van der Waals surface area contributed by atoms with Crippen LogP contribution in [0.5, 0.6) is 0 Å². The first-order valence-corrected chi connectivity index (χ1v) is 13.5. The first kappa shape index (κ1) is 25.6. The average Bonchev–Trinajstić information content (AvgIpc) is 3.31. The fourth-order valence-electron chi connectivity index (χ4n) is 9.48. The predicted octanol–water partition coefficient (Wildman–Crippen LogP) is 3.79. The van der Waals surface area contributed by atoms with E-state index in [1.165, 1.54) is 14.0 Å². The summed E-state index contributed by atoms with van der Waals surface area (Å²) >= 11 is 0. The van der Waals surface area contributed by atoms with Gasteiger partial charge in [0.05, 0.1) is 32.0 Å². The molecule has 3 aliphatic carbocycles. The molecule has 5 fully saturated rings. The van der Waals surface area contributed by atoms with Gasteiger partial charge in [0.2, 0.25) is 0 Å². The van der Waals surface area contributed by atoms with Crippen molar-refractivity contribution in [1.82, 2.24) is 0 Å². The maximum atomic E-state index is 14.4. The van der Waals surface area contributed by atoms with Crippen LogP contribution in [0.25, 0.3) is 0 Å². The summed E-state index contributed by atoms with van der Waals surface area (Å²) in [7, 11) is 1.34. The van der Waals surface area contributed by atoms with Crippen molar-refractivity contribution in [2.24, 2.45) is 39.9 Å².